The number of nitrogens with one attached hydrogen (secondary N) is 1. The van der Waals surface area contributed by atoms with Crippen LogP contribution in [0.5, 0.6) is 0 Å². The lowest BCUT2D eigenvalue weighted by molar-refractivity contribution is 0.411. The maximum Gasteiger partial charge on any atom is 0.0772 e. The molecule has 12 heavy (non-hydrogen) atoms. The molecule has 3 N–H and O–H groups in total. The third-order valence-corrected chi connectivity index (χ3v) is 1.75. The Morgan fingerprint density at radius 1 is 1.42 bits per heavy atom. The Morgan fingerprint density at radius 2 is 2.17 bits per heavy atom. The topological polar surface area (TPSA) is 63.8 Å². The summed E-state index contributed by atoms with van der Waals surface area (Å²) in [7, 11) is 0. The van der Waals surface area contributed by atoms with Gasteiger partial charge in [-0.3, -0.25) is 21.2 Å². The molecule has 66 valence electrons. The van der Waals surface area contributed by atoms with Crippen LogP contribution in [-0.2, 0) is 0 Å². The first-order valence-corrected chi connectivity index (χ1v) is 3.97. The van der Waals surface area contributed by atoms with Gasteiger partial charge in [0.25, 0.3) is 0 Å². The molecule has 1 unspecified atom stereocenters. The monoisotopic (exact) mass is 166 g/mol. The van der Waals surface area contributed by atoms with E-state index in [9.17, 15) is 0 Å². The zero-order valence-electron chi connectivity index (χ0n) is 7.36. The molecular weight excluding hydrogens is 152 g/mol. The molecule has 0 aliphatic carbocycles. The Balaban J connectivity index is 2.80. The second kappa shape index (κ2) is 4.13. The summed E-state index contributed by atoms with van der Waals surface area (Å²) >= 11 is 0. The van der Waals surface area contributed by atoms with Crippen LogP contribution in [0.3, 0.4) is 0 Å². The molecule has 0 saturated carbocycles. The Kier molecular flexibility index (Phi) is 3.13. The summed E-state index contributed by atoms with van der Waals surface area (Å²) in [6.07, 6.45) is 5.05. The van der Waals surface area contributed by atoms with Crippen LogP contribution in [0.25, 0.3) is 0 Å². The molecule has 0 aliphatic heterocycles. The van der Waals surface area contributed by atoms with Crippen molar-refractivity contribution in [1.82, 2.24) is 15.4 Å². The van der Waals surface area contributed by atoms with E-state index in [0.29, 0.717) is 5.92 Å². The Labute approximate surface area is 72.2 Å². The number of hydrogen-bond donors (Lipinski definition) is 2. The Morgan fingerprint density at radius 3 is 2.58 bits per heavy atom. The van der Waals surface area contributed by atoms with Crippen molar-refractivity contribution in [2.75, 3.05) is 0 Å². The van der Waals surface area contributed by atoms with E-state index in [4.69, 9.17) is 5.84 Å². The zero-order chi connectivity index (χ0) is 8.97. The fourth-order valence-electron chi connectivity index (χ4n) is 1.09. The van der Waals surface area contributed by atoms with Gasteiger partial charge in [-0.1, -0.05) is 13.8 Å². The van der Waals surface area contributed by atoms with Crippen LogP contribution in [0.4, 0.5) is 0 Å². The van der Waals surface area contributed by atoms with Gasteiger partial charge in [-0.15, -0.1) is 0 Å². The van der Waals surface area contributed by atoms with Crippen LogP contribution >= 0.6 is 0 Å². The average Bonchev–Trinajstić information content (AvgIpc) is 2.07. The molecule has 1 atom stereocenters. The Hall–Kier alpha value is -1.00. The van der Waals surface area contributed by atoms with Crippen LogP contribution < -0.4 is 11.3 Å². The molecule has 1 rings (SSSR count). The fraction of sp³-hybridized carbons (Fsp3) is 0.500. The number of hydrogen-bond acceptors (Lipinski definition) is 4. The van der Waals surface area contributed by atoms with E-state index in [0.717, 1.165) is 5.69 Å². The molecule has 0 aromatic carbocycles. The van der Waals surface area contributed by atoms with Crippen molar-refractivity contribution in [3.05, 3.63) is 24.3 Å². The highest BCUT2D eigenvalue weighted by Gasteiger charge is 2.14. The van der Waals surface area contributed by atoms with Crippen LogP contribution in [0.15, 0.2) is 18.6 Å². The molecule has 0 bridgehead atoms. The number of hydrazine groups is 1. The third kappa shape index (κ3) is 1.99. The van der Waals surface area contributed by atoms with Gasteiger partial charge in [-0.25, -0.2) is 0 Å². The number of nitrogens with two attached hydrogens (primary N) is 1. The minimum atomic E-state index is 0.0821. The lowest BCUT2D eigenvalue weighted by Crippen LogP contribution is -2.32. The van der Waals surface area contributed by atoms with E-state index < -0.39 is 0 Å². The first-order valence-electron chi connectivity index (χ1n) is 3.97. The summed E-state index contributed by atoms with van der Waals surface area (Å²) in [5.41, 5.74) is 3.60. The zero-order valence-corrected chi connectivity index (χ0v) is 7.36. The quantitative estimate of drug-likeness (QED) is 0.511. The number of aromatic nitrogens is 2. The van der Waals surface area contributed by atoms with Crippen molar-refractivity contribution >= 4 is 0 Å². The van der Waals surface area contributed by atoms with E-state index >= 15 is 0 Å². The molecule has 0 radical (unpaired) electrons. The van der Waals surface area contributed by atoms with Gasteiger partial charge in [0.1, 0.15) is 0 Å². The first kappa shape index (κ1) is 9.09. The predicted molar refractivity (Wildman–Crippen MR) is 46.9 cm³/mol. The van der Waals surface area contributed by atoms with Gasteiger partial charge < -0.3 is 0 Å². The molecule has 0 aliphatic rings. The van der Waals surface area contributed by atoms with Crippen LogP contribution in [-0.4, -0.2) is 9.97 Å². The standard InChI is InChI=1S/C8H14N4/c1-6(2)8(12-9)7-5-10-3-4-11-7/h3-6,8,12H,9H2,1-2H3. The SMILES string of the molecule is CC(C)C(NN)c1cnccn1. The highest BCUT2D eigenvalue weighted by Crippen LogP contribution is 2.16. The first-order chi connectivity index (χ1) is 5.75. The molecule has 0 spiro atoms. The van der Waals surface area contributed by atoms with E-state index in [1.54, 1.807) is 18.6 Å². The van der Waals surface area contributed by atoms with E-state index in [-0.39, 0.29) is 6.04 Å². The third-order valence-electron chi connectivity index (χ3n) is 1.75. The summed E-state index contributed by atoms with van der Waals surface area (Å²) in [5, 5.41) is 0. The average molecular weight is 166 g/mol. The van der Waals surface area contributed by atoms with Crippen molar-refractivity contribution in [3.63, 3.8) is 0 Å². The van der Waals surface area contributed by atoms with Crippen molar-refractivity contribution < 1.29 is 0 Å². The van der Waals surface area contributed by atoms with Crippen LogP contribution in [0.2, 0.25) is 0 Å². The summed E-state index contributed by atoms with van der Waals surface area (Å²) in [6.45, 7) is 4.17. The summed E-state index contributed by atoms with van der Waals surface area (Å²) in [5.74, 6) is 5.80. The minimum Gasteiger partial charge on any atom is -0.271 e. The molecule has 0 amide bonds. The van der Waals surface area contributed by atoms with Gasteiger partial charge in [-0.05, 0) is 5.92 Å². The van der Waals surface area contributed by atoms with Gasteiger partial charge in [0.05, 0.1) is 17.9 Å². The van der Waals surface area contributed by atoms with E-state index in [1.807, 2.05) is 0 Å². The number of nitrogens with zero attached hydrogens (tertiary/aromatic N) is 2. The molecule has 1 heterocycles. The normalized spacial score (nSPS) is 13.3. The highest BCUT2D eigenvalue weighted by atomic mass is 15.2. The van der Waals surface area contributed by atoms with Gasteiger partial charge >= 0.3 is 0 Å². The van der Waals surface area contributed by atoms with Gasteiger partial charge in [-0.2, -0.15) is 0 Å². The van der Waals surface area contributed by atoms with Crippen molar-refractivity contribution in [1.29, 1.82) is 0 Å². The van der Waals surface area contributed by atoms with Crippen molar-refractivity contribution in [2.45, 2.75) is 19.9 Å². The molecule has 1 aromatic rings. The smallest absolute Gasteiger partial charge is 0.0772 e. The molecule has 1 aromatic heterocycles. The largest absolute Gasteiger partial charge is 0.271 e. The molecule has 0 fully saturated rings. The predicted octanol–water partition coefficient (Wildman–Crippen LogP) is 0.637. The lowest BCUT2D eigenvalue weighted by atomic mass is 10.0. The second-order valence-electron chi connectivity index (χ2n) is 3.02. The summed E-state index contributed by atoms with van der Waals surface area (Å²) in [4.78, 5) is 8.14. The molecule has 4 nitrogen and oxygen atoms in total. The van der Waals surface area contributed by atoms with Crippen LogP contribution in [0.1, 0.15) is 25.6 Å². The summed E-state index contributed by atoms with van der Waals surface area (Å²) in [6, 6.07) is 0.0821. The maximum absolute atomic E-state index is 5.39. The Bertz CT molecular complexity index is 222. The molecule has 0 saturated heterocycles. The molecule has 4 heteroatoms. The van der Waals surface area contributed by atoms with Gasteiger partial charge in [0.15, 0.2) is 0 Å². The van der Waals surface area contributed by atoms with E-state index in [1.165, 1.54) is 0 Å². The highest BCUT2D eigenvalue weighted by molar-refractivity contribution is 5.02. The van der Waals surface area contributed by atoms with Crippen molar-refractivity contribution in [3.8, 4) is 0 Å². The minimum absolute atomic E-state index is 0.0821. The fourth-order valence-corrected chi connectivity index (χ4v) is 1.09. The van der Waals surface area contributed by atoms with E-state index in [2.05, 4.69) is 29.2 Å². The summed E-state index contributed by atoms with van der Waals surface area (Å²) < 4.78 is 0. The molecular formula is C8H14N4. The number of rotatable bonds is 3. The van der Waals surface area contributed by atoms with Gasteiger partial charge in [0.2, 0.25) is 0 Å². The maximum atomic E-state index is 5.39. The van der Waals surface area contributed by atoms with Crippen LogP contribution in [0, 0.1) is 5.92 Å². The second-order valence-corrected chi connectivity index (χ2v) is 3.02. The lowest BCUT2D eigenvalue weighted by Gasteiger charge is -2.18. The van der Waals surface area contributed by atoms with Gasteiger partial charge in [0, 0.05) is 12.4 Å². The van der Waals surface area contributed by atoms with Crippen molar-refractivity contribution in [2.24, 2.45) is 11.8 Å².